The topological polar surface area (TPSA) is 105 Å². The van der Waals surface area contributed by atoms with Crippen molar-refractivity contribution in [2.75, 3.05) is 5.32 Å². The molecule has 0 fully saturated rings. The number of aromatic nitrogens is 1. The van der Waals surface area contributed by atoms with Crippen LogP contribution in [0.1, 0.15) is 26.3 Å². The maximum atomic E-state index is 11.4. The zero-order chi connectivity index (χ0) is 14.7. The Kier molecular flexibility index (Phi) is 3.65. The highest BCUT2D eigenvalue weighted by molar-refractivity contribution is 5.99. The molecule has 0 saturated carbocycles. The molecule has 6 nitrogen and oxygen atoms in total. The number of hydrogen-bond acceptors (Lipinski definition) is 4. The van der Waals surface area contributed by atoms with Crippen LogP contribution in [0.2, 0.25) is 0 Å². The fourth-order valence-electron chi connectivity index (χ4n) is 1.80. The Morgan fingerprint density at radius 1 is 1.20 bits per heavy atom. The normalized spacial score (nSPS) is 10.1. The van der Waals surface area contributed by atoms with Crippen LogP contribution in [-0.2, 0) is 0 Å². The van der Waals surface area contributed by atoms with Crippen molar-refractivity contribution in [3.8, 4) is 0 Å². The highest BCUT2D eigenvalue weighted by Gasteiger charge is 2.12. The Morgan fingerprint density at radius 3 is 2.40 bits per heavy atom. The van der Waals surface area contributed by atoms with Gasteiger partial charge in [0.15, 0.2) is 0 Å². The lowest BCUT2D eigenvalue weighted by atomic mass is 10.1. The third-order valence-corrected chi connectivity index (χ3v) is 2.80. The average Bonchev–Trinajstić information content (AvgIpc) is 2.39. The van der Waals surface area contributed by atoms with E-state index in [1.54, 1.807) is 31.3 Å². The van der Waals surface area contributed by atoms with E-state index in [-0.39, 0.29) is 5.56 Å². The Labute approximate surface area is 115 Å². The summed E-state index contributed by atoms with van der Waals surface area (Å²) in [4.78, 5) is 26.3. The number of hydrogen-bond donors (Lipinski definition) is 3. The monoisotopic (exact) mass is 271 g/mol. The summed E-state index contributed by atoms with van der Waals surface area (Å²) in [7, 11) is 0. The van der Waals surface area contributed by atoms with Crippen molar-refractivity contribution in [2.24, 2.45) is 5.73 Å². The van der Waals surface area contributed by atoms with Gasteiger partial charge in [-0.25, -0.2) is 9.78 Å². The molecule has 2 aromatic rings. The van der Waals surface area contributed by atoms with Crippen molar-refractivity contribution < 1.29 is 14.7 Å². The van der Waals surface area contributed by atoms with Crippen LogP contribution in [0.15, 0.2) is 36.5 Å². The van der Waals surface area contributed by atoms with Gasteiger partial charge in [-0.2, -0.15) is 0 Å². The first kappa shape index (κ1) is 13.5. The Hall–Kier alpha value is -2.89. The molecule has 1 aromatic carbocycles. The first-order chi connectivity index (χ1) is 9.49. The number of nitrogens with two attached hydrogens (primary N) is 1. The van der Waals surface area contributed by atoms with E-state index in [4.69, 9.17) is 10.8 Å². The smallest absolute Gasteiger partial charge is 0.335 e. The first-order valence-electron chi connectivity index (χ1n) is 5.85. The van der Waals surface area contributed by atoms with E-state index in [0.717, 1.165) is 5.56 Å². The summed E-state index contributed by atoms with van der Waals surface area (Å²) >= 11 is 0. The molecule has 0 saturated heterocycles. The van der Waals surface area contributed by atoms with Gasteiger partial charge in [0, 0.05) is 11.9 Å². The van der Waals surface area contributed by atoms with Crippen molar-refractivity contribution in [3.05, 3.63) is 53.2 Å². The molecule has 1 aromatic heterocycles. The summed E-state index contributed by atoms with van der Waals surface area (Å²) in [5, 5.41) is 11.8. The lowest BCUT2D eigenvalue weighted by Crippen LogP contribution is -2.16. The number of nitrogens with one attached hydrogen (secondary N) is 1. The molecule has 1 heterocycles. The molecule has 2 rings (SSSR count). The molecule has 20 heavy (non-hydrogen) atoms. The van der Waals surface area contributed by atoms with Gasteiger partial charge in [-0.15, -0.1) is 0 Å². The molecule has 0 aliphatic rings. The van der Waals surface area contributed by atoms with Crippen molar-refractivity contribution in [1.29, 1.82) is 0 Å². The number of pyridine rings is 1. The number of aryl methyl sites for hydroxylation is 1. The van der Waals surface area contributed by atoms with Crippen LogP contribution in [0.5, 0.6) is 0 Å². The van der Waals surface area contributed by atoms with Crippen molar-refractivity contribution in [3.63, 3.8) is 0 Å². The standard InChI is InChI=1S/C14H13N3O3/c1-8-6-7-16-13(11(8)12(15)18)17-10-4-2-9(3-5-10)14(19)20/h2-7H,1H3,(H2,15,18)(H,16,17)(H,19,20). The van der Waals surface area contributed by atoms with Gasteiger partial charge in [0.2, 0.25) is 0 Å². The van der Waals surface area contributed by atoms with Gasteiger partial charge in [0.25, 0.3) is 5.91 Å². The third kappa shape index (κ3) is 2.74. The molecule has 102 valence electrons. The van der Waals surface area contributed by atoms with E-state index in [2.05, 4.69) is 10.3 Å². The molecule has 0 bridgehead atoms. The highest BCUT2D eigenvalue weighted by atomic mass is 16.4. The van der Waals surface area contributed by atoms with E-state index < -0.39 is 11.9 Å². The van der Waals surface area contributed by atoms with Crippen LogP contribution in [0.3, 0.4) is 0 Å². The number of benzene rings is 1. The second-order valence-electron chi connectivity index (χ2n) is 4.22. The average molecular weight is 271 g/mol. The predicted molar refractivity (Wildman–Crippen MR) is 74.2 cm³/mol. The number of carbonyl (C=O) groups excluding carboxylic acids is 1. The van der Waals surface area contributed by atoms with Crippen LogP contribution in [0.25, 0.3) is 0 Å². The molecule has 1 amide bonds. The van der Waals surface area contributed by atoms with Gasteiger partial charge < -0.3 is 16.2 Å². The molecule has 0 radical (unpaired) electrons. The van der Waals surface area contributed by atoms with Gasteiger partial charge in [0.05, 0.1) is 11.1 Å². The molecule has 4 N–H and O–H groups in total. The number of carbonyl (C=O) groups is 2. The fraction of sp³-hybridized carbons (Fsp3) is 0.0714. The SMILES string of the molecule is Cc1ccnc(Nc2ccc(C(=O)O)cc2)c1C(N)=O. The molecular weight excluding hydrogens is 258 g/mol. The number of aromatic carboxylic acids is 1. The van der Waals surface area contributed by atoms with Crippen molar-refractivity contribution >= 4 is 23.4 Å². The van der Waals surface area contributed by atoms with Gasteiger partial charge in [-0.05, 0) is 42.8 Å². The van der Waals surface area contributed by atoms with Crippen molar-refractivity contribution in [1.82, 2.24) is 4.98 Å². The number of primary amides is 1. The van der Waals surface area contributed by atoms with E-state index in [0.29, 0.717) is 17.1 Å². The van der Waals surface area contributed by atoms with E-state index >= 15 is 0 Å². The summed E-state index contributed by atoms with van der Waals surface area (Å²) in [5.41, 5.74) is 7.17. The second kappa shape index (κ2) is 5.40. The van der Waals surface area contributed by atoms with Crippen LogP contribution in [0.4, 0.5) is 11.5 Å². The summed E-state index contributed by atoms with van der Waals surface area (Å²) < 4.78 is 0. The summed E-state index contributed by atoms with van der Waals surface area (Å²) in [6.45, 7) is 1.76. The Balaban J connectivity index is 2.33. The van der Waals surface area contributed by atoms with Crippen LogP contribution in [0, 0.1) is 6.92 Å². The zero-order valence-corrected chi connectivity index (χ0v) is 10.8. The van der Waals surface area contributed by atoms with Crippen LogP contribution < -0.4 is 11.1 Å². The lowest BCUT2D eigenvalue weighted by Gasteiger charge is -2.11. The number of nitrogens with zero attached hydrogens (tertiary/aromatic N) is 1. The highest BCUT2D eigenvalue weighted by Crippen LogP contribution is 2.21. The lowest BCUT2D eigenvalue weighted by molar-refractivity contribution is 0.0696. The van der Waals surface area contributed by atoms with Gasteiger partial charge in [-0.3, -0.25) is 4.79 Å². The minimum absolute atomic E-state index is 0.183. The van der Waals surface area contributed by atoms with E-state index in [9.17, 15) is 9.59 Å². The summed E-state index contributed by atoms with van der Waals surface area (Å²) in [6, 6.07) is 7.81. The Morgan fingerprint density at radius 2 is 1.85 bits per heavy atom. The van der Waals surface area contributed by atoms with E-state index in [1.165, 1.54) is 12.1 Å². The molecule has 0 aliphatic heterocycles. The molecule has 6 heteroatoms. The zero-order valence-electron chi connectivity index (χ0n) is 10.8. The minimum Gasteiger partial charge on any atom is -0.478 e. The molecule has 0 spiro atoms. The van der Waals surface area contributed by atoms with Gasteiger partial charge in [0.1, 0.15) is 5.82 Å². The maximum Gasteiger partial charge on any atom is 0.335 e. The maximum absolute atomic E-state index is 11.4. The molecule has 0 unspecified atom stereocenters. The third-order valence-electron chi connectivity index (χ3n) is 2.80. The van der Waals surface area contributed by atoms with Gasteiger partial charge in [-0.1, -0.05) is 0 Å². The summed E-state index contributed by atoms with van der Waals surface area (Å²) in [5.74, 6) is -1.22. The molecular formula is C14H13N3O3. The van der Waals surface area contributed by atoms with Crippen molar-refractivity contribution in [2.45, 2.75) is 6.92 Å². The van der Waals surface area contributed by atoms with Crippen LogP contribution >= 0.6 is 0 Å². The number of anilines is 2. The minimum atomic E-state index is -0.997. The van der Waals surface area contributed by atoms with Gasteiger partial charge >= 0.3 is 5.97 Å². The largest absolute Gasteiger partial charge is 0.478 e. The quantitative estimate of drug-likeness (QED) is 0.788. The van der Waals surface area contributed by atoms with E-state index in [1.807, 2.05) is 0 Å². The first-order valence-corrected chi connectivity index (χ1v) is 5.85. The number of carboxylic acid groups (broad SMARTS) is 1. The molecule has 0 aliphatic carbocycles. The number of rotatable bonds is 4. The second-order valence-corrected chi connectivity index (χ2v) is 4.22. The molecule has 0 atom stereocenters. The number of amides is 1. The predicted octanol–water partition coefficient (Wildman–Crippen LogP) is 1.93. The fourth-order valence-corrected chi connectivity index (χ4v) is 1.80. The van der Waals surface area contributed by atoms with Crippen LogP contribution in [-0.4, -0.2) is 22.0 Å². The number of carboxylic acids is 1. The summed E-state index contributed by atoms with van der Waals surface area (Å²) in [6.07, 6.45) is 1.57. The Bertz CT molecular complexity index is 666.